The van der Waals surface area contributed by atoms with Gasteiger partial charge in [0.05, 0.1) is 11.0 Å². The Morgan fingerprint density at radius 3 is 2.60 bits per heavy atom. The molecule has 2 rings (SSSR count). The molecule has 0 bridgehead atoms. The number of anilines is 1. The van der Waals surface area contributed by atoms with Gasteiger partial charge in [-0.3, -0.25) is 4.79 Å². The van der Waals surface area contributed by atoms with Gasteiger partial charge in [-0.25, -0.2) is 13.6 Å². The molecule has 2 atom stereocenters. The van der Waals surface area contributed by atoms with Crippen molar-refractivity contribution in [2.45, 2.75) is 43.8 Å². The fraction of sp³-hybridized carbons (Fsp3) is 0.462. The van der Waals surface area contributed by atoms with Crippen LogP contribution in [-0.4, -0.2) is 26.5 Å². The van der Waals surface area contributed by atoms with Gasteiger partial charge in [0.15, 0.2) is 0 Å². The molecule has 110 valence electrons. The summed E-state index contributed by atoms with van der Waals surface area (Å²) >= 11 is 0. The molecule has 1 aliphatic rings. The van der Waals surface area contributed by atoms with Gasteiger partial charge in [0.2, 0.25) is 10.0 Å². The molecule has 3 N–H and O–H groups in total. The van der Waals surface area contributed by atoms with Crippen LogP contribution in [0.3, 0.4) is 0 Å². The molecule has 0 spiro atoms. The molecule has 0 saturated carbocycles. The first-order valence-electron chi connectivity index (χ1n) is 6.37. The van der Waals surface area contributed by atoms with Gasteiger partial charge in [0.25, 0.3) is 5.91 Å². The van der Waals surface area contributed by atoms with E-state index in [1.807, 2.05) is 6.92 Å². The van der Waals surface area contributed by atoms with Gasteiger partial charge in [-0.2, -0.15) is 0 Å². The predicted molar refractivity (Wildman–Crippen MR) is 74.8 cm³/mol. The van der Waals surface area contributed by atoms with Crippen molar-refractivity contribution in [2.75, 3.05) is 5.32 Å². The highest BCUT2D eigenvalue weighted by Gasteiger charge is 2.28. The zero-order valence-electron chi connectivity index (χ0n) is 11.4. The standard InChI is InChI=1S/C13H18N2O4S/c1-8-7-10(20(14,17)18)4-5-11(8)15-13(16)12-6-3-9(2)19-12/h4-5,7,9,12H,3,6H2,1-2H3,(H,15,16)(H2,14,17,18). The van der Waals surface area contributed by atoms with Crippen LogP contribution in [0, 0.1) is 6.92 Å². The van der Waals surface area contributed by atoms with Crippen LogP contribution in [0.2, 0.25) is 0 Å². The third kappa shape index (κ3) is 3.36. The maximum atomic E-state index is 12.0. The van der Waals surface area contributed by atoms with E-state index in [9.17, 15) is 13.2 Å². The Bertz CT molecular complexity index is 627. The molecular weight excluding hydrogens is 280 g/mol. The van der Waals surface area contributed by atoms with E-state index in [-0.39, 0.29) is 16.9 Å². The molecule has 1 saturated heterocycles. The second kappa shape index (κ2) is 5.51. The molecule has 6 nitrogen and oxygen atoms in total. The van der Waals surface area contributed by atoms with Crippen molar-refractivity contribution in [3.8, 4) is 0 Å². The number of carbonyl (C=O) groups is 1. The molecule has 1 aromatic carbocycles. The van der Waals surface area contributed by atoms with E-state index >= 15 is 0 Å². The Balaban J connectivity index is 2.12. The third-order valence-corrected chi connectivity index (χ3v) is 4.22. The summed E-state index contributed by atoms with van der Waals surface area (Å²) in [5.41, 5.74) is 1.20. The summed E-state index contributed by atoms with van der Waals surface area (Å²) in [5.74, 6) is -0.208. The van der Waals surface area contributed by atoms with Crippen molar-refractivity contribution < 1.29 is 17.9 Å². The number of aryl methyl sites for hydroxylation is 1. The van der Waals surface area contributed by atoms with E-state index in [0.717, 1.165) is 6.42 Å². The molecule has 2 unspecified atom stereocenters. The third-order valence-electron chi connectivity index (χ3n) is 3.31. The molecule has 1 aliphatic heterocycles. The fourth-order valence-electron chi connectivity index (χ4n) is 2.16. The SMILES string of the molecule is Cc1cc(S(N)(=O)=O)ccc1NC(=O)C1CCC(C)O1. The average Bonchev–Trinajstić information content (AvgIpc) is 2.77. The van der Waals surface area contributed by atoms with E-state index in [2.05, 4.69) is 5.32 Å². The Kier molecular flexibility index (Phi) is 4.12. The quantitative estimate of drug-likeness (QED) is 0.874. The smallest absolute Gasteiger partial charge is 0.253 e. The van der Waals surface area contributed by atoms with E-state index in [1.54, 1.807) is 6.92 Å². The summed E-state index contributed by atoms with van der Waals surface area (Å²) in [7, 11) is -3.73. The number of primary sulfonamides is 1. The predicted octanol–water partition coefficient (Wildman–Crippen LogP) is 1.15. The van der Waals surface area contributed by atoms with E-state index in [0.29, 0.717) is 17.7 Å². The highest BCUT2D eigenvalue weighted by molar-refractivity contribution is 7.89. The normalized spacial score (nSPS) is 22.8. The van der Waals surface area contributed by atoms with Gasteiger partial charge in [0, 0.05) is 5.69 Å². The Morgan fingerprint density at radius 2 is 2.10 bits per heavy atom. The molecule has 7 heteroatoms. The second-order valence-corrected chi connectivity index (χ2v) is 6.59. The molecule has 1 amide bonds. The molecule has 20 heavy (non-hydrogen) atoms. The van der Waals surface area contributed by atoms with E-state index in [1.165, 1.54) is 18.2 Å². The van der Waals surface area contributed by atoms with Crippen molar-refractivity contribution in [2.24, 2.45) is 5.14 Å². The van der Waals surface area contributed by atoms with Crippen molar-refractivity contribution in [1.82, 2.24) is 0 Å². The van der Waals surface area contributed by atoms with Gasteiger partial charge in [-0.15, -0.1) is 0 Å². The molecule has 1 aromatic rings. The number of rotatable bonds is 3. The van der Waals surface area contributed by atoms with Gasteiger partial charge in [-0.1, -0.05) is 0 Å². The number of sulfonamides is 1. The lowest BCUT2D eigenvalue weighted by Crippen LogP contribution is -2.28. The van der Waals surface area contributed by atoms with Crippen LogP contribution >= 0.6 is 0 Å². The summed E-state index contributed by atoms with van der Waals surface area (Å²) < 4.78 is 28.0. The molecule has 1 heterocycles. The first-order valence-corrected chi connectivity index (χ1v) is 7.92. The summed E-state index contributed by atoms with van der Waals surface area (Å²) in [5, 5.41) is 7.81. The lowest BCUT2D eigenvalue weighted by atomic mass is 10.1. The average molecular weight is 298 g/mol. The topological polar surface area (TPSA) is 98.5 Å². The summed E-state index contributed by atoms with van der Waals surface area (Å²) in [4.78, 5) is 12.0. The molecule has 1 fully saturated rings. The number of hydrogen-bond acceptors (Lipinski definition) is 4. The minimum atomic E-state index is -3.73. The van der Waals surface area contributed by atoms with Crippen LogP contribution in [-0.2, 0) is 19.6 Å². The molecule has 0 aromatic heterocycles. The summed E-state index contributed by atoms with van der Waals surface area (Å²) in [6.45, 7) is 3.64. The largest absolute Gasteiger partial charge is 0.365 e. The first-order chi connectivity index (χ1) is 9.27. The molecule has 0 radical (unpaired) electrons. The maximum Gasteiger partial charge on any atom is 0.253 e. The zero-order chi connectivity index (χ0) is 14.9. The second-order valence-electron chi connectivity index (χ2n) is 5.02. The van der Waals surface area contributed by atoms with Crippen molar-refractivity contribution in [1.29, 1.82) is 0 Å². The maximum absolute atomic E-state index is 12.0. The number of nitrogens with two attached hydrogens (primary N) is 1. The number of benzene rings is 1. The van der Waals surface area contributed by atoms with Crippen molar-refractivity contribution >= 4 is 21.6 Å². The fourth-order valence-corrected chi connectivity index (χ4v) is 2.76. The number of hydrogen-bond donors (Lipinski definition) is 2. The van der Waals surface area contributed by atoms with Crippen LogP contribution in [0.4, 0.5) is 5.69 Å². The van der Waals surface area contributed by atoms with Crippen LogP contribution in [0.15, 0.2) is 23.1 Å². The van der Waals surface area contributed by atoms with Crippen LogP contribution in [0.1, 0.15) is 25.3 Å². The minimum absolute atomic E-state index is 0.0266. The van der Waals surface area contributed by atoms with Crippen molar-refractivity contribution in [3.63, 3.8) is 0 Å². The Labute approximate surface area is 118 Å². The zero-order valence-corrected chi connectivity index (χ0v) is 12.2. The Hall–Kier alpha value is -1.44. The lowest BCUT2D eigenvalue weighted by molar-refractivity contribution is -0.126. The first kappa shape index (κ1) is 15.0. The van der Waals surface area contributed by atoms with Gasteiger partial charge >= 0.3 is 0 Å². The van der Waals surface area contributed by atoms with Crippen molar-refractivity contribution in [3.05, 3.63) is 23.8 Å². The highest BCUT2D eigenvalue weighted by Crippen LogP contribution is 2.23. The van der Waals surface area contributed by atoms with Gasteiger partial charge in [-0.05, 0) is 50.5 Å². The highest BCUT2D eigenvalue weighted by atomic mass is 32.2. The summed E-state index contributed by atoms with van der Waals surface area (Å²) in [6.07, 6.45) is 1.21. The van der Waals surface area contributed by atoms with Crippen LogP contribution in [0.5, 0.6) is 0 Å². The lowest BCUT2D eigenvalue weighted by Gasteiger charge is -2.13. The van der Waals surface area contributed by atoms with Gasteiger partial charge in [0.1, 0.15) is 6.10 Å². The monoisotopic (exact) mass is 298 g/mol. The minimum Gasteiger partial charge on any atom is -0.365 e. The molecular formula is C13H18N2O4S. The van der Waals surface area contributed by atoms with Crippen LogP contribution < -0.4 is 10.5 Å². The van der Waals surface area contributed by atoms with Crippen LogP contribution in [0.25, 0.3) is 0 Å². The number of carbonyl (C=O) groups excluding carboxylic acids is 1. The molecule has 0 aliphatic carbocycles. The Morgan fingerprint density at radius 1 is 1.40 bits per heavy atom. The summed E-state index contributed by atoms with van der Waals surface area (Å²) in [6, 6.07) is 4.34. The number of nitrogens with one attached hydrogen (secondary N) is 1. The number of amides is 1. The van der Waals surface area contributed by atoms with Gasteiger partial charge < -0.3 is 10.1 Å². The van der Waals surface area contributed by atoms with E-state index in [4.69, 9.17) is 9.88 Å². The van der Waals surface area contributed by atoms with E-state index < -0.39 is 16.1 Å². The number of ether oxygens (including phenoxy) is 1.